The van der Waals surface area contributed by atoms with Gasteiger partial charge in [0.05, 0.1) is 32.3 Å². The van der Waals surface area contributed by atoms with E-state index in [1.807, 2.05) is 12.1 Å². The third-order valence-corrected chi connectivity index (χ3v) is 3.95. The lowest BCUT2D eigenvalue weighted by molar-refractivity contribution is -0.136. The second kappa shape index (κ2) is 7.73. The van der Waals surface area contributed by atoms with E-state index in [0.29, 0.717) is 23.7 Å². The van der Waals surface area contributed by atoms with Crippen molar-refractivity contribution in [2.45, 2.75) is 19.4 Å². The van der Waals surface area contributed by atoms with Gasteiger partial charge in [0.2, 0.25) is 5.88 Å². The number of ether oxygens (including phenoxy) is 4. The van der Waals surface area contributed by atoms with Gasteiger partial charge in [0.25, 0.3) is 0 Å². The summed E-state index contributed by atoms with van der Waals surface area (Å²) in [6.45, 7) is 1.93. The summed E-state index contributed by atoms with van der Waals surface area (Å²) < 4.78 is 20.7. The summed E-state index contributed by atoms with van der Waals surface area (Å²) in [6.07, 6.45) is 0. The van der Waals surface area contributed by atoms with Gasteiger partial charge in [-0.25, -0.2) is 4.79 Å². The lowest BCUT2D eigenvalue weighted by Gasteiger charge is -2.27. The normalized spacial score (nSPS) is 17.0. The van der Waals surface area contributed by atoms with Crippen molar-refractivity contribution in [3.8, 4) is 11.8 Å². The number of benzene rings is 1. The monoisotopic (exact) mass is 344 g/mol. The Bertz CT molecular complexity index is 789. The fourth-order valence-corrected chi connectivity index (χ4v) is 2.84. The summed E-state index contributed by atoms with van der Waals surface area (Å²) in [5.74, 6) is -0.341. The molecule has 0 fully saturated rings. The van der Waals surface area contributed by atoms with Gasteiger partial charge in [0.1, 0.15) is 23.2 Å². The van der Waals surface area contributed by atoms with Gasteiger partial charge >= 0.3 is 5.97 Å². The Morgan fingerprint density at radius 3 is 2.64 bits per heavy atom. The zero-order chi connectivity index (χ0) is 18.6. The molecule has 0 unspecified atom stereocenters. The molecule has 0 saturated carbocycles. The van der Waals surface area contributed by atoms with Crippen molar-refractivity contribution < 1.29 is 23.7 Å². The Morgan fingerprint density at radius 1 is 1.36 bits per heavy atom. The van der Waals surface area contributed by atoms with E-state index >= 15 is 0 Å². The average Bonchev–Trinajstić information content (AvgIpc) is 2.60. The molecule has 7 nitrogen and oxygen atoms in total. The van der Waals surface area contributed by atoms with Gasteiger partial charge in [0, 0.05) is 12.7 Å². The lowest BCUT2D eigenvalue weighted by Crippen LogP contribution is -2.25. The molecule has 0 aliphatic carbocycles. The molecule has 0 amide bonds. The first kappa shape index (κ1) is 18.4. The molecule has 2 N–H and O–H groups in total. The van der Waals surface area contributed by atoms with Gasteiger partial charge < -0.3 is 24.7 Å². The number of esters is 1. The highest BCUT2D eigenvalue weighted by atomic mass is 16.5. The predicted molar refractivity (Wildman–Crippen MR) is 89.1 cm³/mol. The fraction of sp³-hybridized carbons (Fsp3) is 0.333. The molecule has 0 spiro atoms. The first-order chi connectivity index (χ1) is 12.0. The molecule has 0 aromatic heterocycles. The molecule has 1 aromatic rings. The van der Waals surface area contributed by atoms with Crippen LogP contribution in [0.3, 0.4) is 0 Å². The number of allylic oxidation sites excluding steroid dienone is 2. The minimum absolute atomic E-state index is 0.0261. The summed E-state index contributed by atoms with van der Waals surface area (Å²) in [4.78, 5) is 12.3. The molecule has 0 bridgehead atoms. The van der Waals surface area contributed by atoms with Crippen LogP contribution >= 0.6 is 0 Å². The molecule has 1 heterocycles. The summed E-state index contributed by atoms with van der Waals surface area (Å²) in [7, 11) is 4.41. The first-order valence-electron chi connectivity index (χ1n) is 7.50. The van der Waals surface area contributed by atoms with E-state index in [-0.39, 0.29) is 17.0 Å². The topological polar surface area (TPSA) is 104 Å². The van der Waals surface area contributed by atoms with Gasteiger partial charge in [-0.3, -0.25) is 0 Å². The second-order valence-corrected chi connectivity index (χ2v) is 5.39. The number of carbonyl (C=O) groups excluding carboxylic acids is 1. The fourth-order valence-electron chi connectivity index (χ4n) is 2.84. The van der Waals surface area contributed by atoms with Crippen molar-refractivity contribution >= 4 is 5.97 Å². The largest absolute Gasteiger partial charge is 0.496 e. The van der Waals surface area contributed by atoms with Gasteiger partial charge in [0.15, 0.2) is 0 Å². The van der Waals surface area contributed by atoms with Gasteiger partial charge in [-0.1, -0.05) is 6.07 Å². The number of nitrogens with two attached hydrogens (primary N) is 1. The van der Waals surface area contributed by atoms with Crippen LogP contribution in [-0.2, 0) is 25.6 Å². The van der Waals surface area contributed by atoms with E-state index in [1.165, 1.54) is 7.11 Å². The summed E-state index contributed by atoms with van der Waals surface area (Å²) >= 11 is 0. The molecule has 1 aromatic carbocycles. The predicted octanol–water partition coefficient (Wildman–Crippen LogP) is 2.10. The van der Waals surface area contributed by atoms with Crippen molar-refractivity contribution in [1.82, 2.24) is 0 Å². The molecule has 132 valence electrons. The molecule has 0 radical (unpaired) electrons. The Hall–Kier alpha value is -2.98. The number of methoxy groups -OCH3 is 3. The van der Waals surface area contributed by atoms with Crippen molar-refractivity contribution in [3.63, 3.8) is 0 Å². The molecule has 1 aliphatic heterocycles. The summed E-state index contributed by atoms with van der Waals surface area (Å²) in [6, 6.07) is 7.39. The maximum atomic E-state index is 12.3. The van der Waals surface area contributed by atoms with Crippen LogP contribution in [0, 0.1) is 11.3 Å². The SMILES string of the molecule is COCc1cc([C@H]2C(C#N)=C(N)OC(C)=C2C(=O)OC)ccc1OC. The van der Waals surface area contributed by atoms with Crippen molar-refractivity contribution in [1.29, 1.82) is 5.26 Å². The molecular formula is C18H20N2O5. The van der Waals surface area contributed by atoms with Crippen LogP contribution < -0.4 is 10.5 Å². The zero-order valence-corrected chi connectivity index (χ0v) is 14.6. The highest BCUT2D eigenvalue weighted by Gasteiger charge is 2.36. The number of hydrogen-bond donors (Lipinski definition) is 1. The Balaban J connectivity index is 2.66. The molecule has 25 heavy (non-hydrogen) atoms. The van der Waals surface area contributed by atoms with E-state index in [9.17, 15) is 10.1 Å². The van der Waals surface area contributed by atoms with E-state index in [0.717, 1.165) is 5.56 Å². The van der Waals surface area contributed by atoms with E-state index in [2.05, 4.69) is 0 Å². The quantitative estimate of drug-likeness (QED) is 0.816. The molecule has 7 heteroatoms. The van der Waals surface area contributed by atoms with Gasteiger partial charge in [-0.2, -0.15) is 5.26 Å². The van der Waals surface area contributed by atoms with Crippen LogP contribution in [0.15, 0.2) is 41.0 Å². The minimum Gasteiger partial charge on any atom is -0.496 e. The Morgan fingerprint density at radius 2 is 2.08 bits per heavy atom. The van der Waals surface area contributed by atoms with Crippen LogP contribution in [0.5, 0.6) is 5.75 Å². The maximum absolute atomic E-state index is 12.3. The number of hydrogen-bond acceptors (Lipinski definition) is 7. The van der Waals surface area contributed by atoms with Crippen LogP contribution in [0.25, 0.3) is 0 Å². The second-order valence-electron chi connectivity index (χ2n) is 5.39. The molecule has 0 saturated heterocycles. The Kier molecular flexibility index (Phi) is 5.67. The van der Waals surface area contributed by atoms with Gasteiger partial charge in [-0.15, -0.1) is 0 Å². The number of nitriles is 1. The van der Waals surface area contributed by atoms with Crippen LogP contribution in [0.2, 0.25) is 0 Å². The van der Waals surface area contributed by atoms with E-state index < -0.39 is 11.9 Å². The highest BCUT2D eigenvalue weighted by Crippen LogP contribution is 2.40. The maximum Gasteiger partial charge on any atom is 0.338 e. The third kappa shape index (κ3) is 3.44. The zero-order valence-electron chi connectivity index (χ0n) is 14.6. The van der Waals surface area contributed by atoms with Crippen molar-refractivity contribution in [2.75, 3.05) is 21.3 Å². The number of carbonyl (C=O) groups is 1. The van der Waals surface area contributed by atoms with E-state index in [1.54, 1.807) is 33.3 Å². The van der Waals surface area contributed by atoms with Crippen LogP contribution in [0.1, 0.15) is 24.0 Å². The number of nitrogens with zero attached hydrogens (tertiary/aromatic N) is 1. The lowest BCUT2D eigenvalue weighted by atomic mass is 9.82. The van der Waals surface area contributed by atoms with Crippen LogP contribution in [0.4, 0.5) is 0 Å². The first-order valence-corrected chi connectivity index (χ1v) is 7.50. The van der Waals surface area contributed by atoms with E-state index in [4.69, 9.17) is 24.7 Å². The molecule has 1 aliphatic rings. The third-order valence-electron chi connectivity index (χ3n) is 3.95. The van der Waals surface area contributed by atoms with Crippen LogP contribution in [-0.4, -0.2) is 27.3 Å². The highest BCUT2D eigenvalue weighted by molar-refractivity contribution is 5.92. The molecular weight excluding hydrogens is 324 g/mol. The minimum atomic E-state index is -0.687. The average molecular weight is 344 g/mol. The summed E-state index contributed by atoms with van der Waals surface area (Å²) in [5, 5.41) is 9.53. The summed E-state index contributed by atoms with van der Waals surface area (Å²) in [5.41, 5.74) is 7.73. The number of rotatable bonds is 5. The van der Waals surface area contributed by atoms with Crippen molar-refractivity contribution in [3.05, 3.63) is 52.1 Å². The Labute approximate surface area is 146 Å². The molecule has 2 rings (SSSR count). The molecule has 1 atom stereocenters. The smallest absolute Gasteiger partial charge is 0.338 e. The van der Waals surface area contributed by atoms with Gasteiger partial charge in [-0.05, 0) is 24.6 Å². The standard InChI is InChI=1S/C18H20N2O5/c1-10-15(18(21)24-4)16(13(8-19)17(20)25-10)11-5-6-14(23-3)12(7-11)9-22-2/h5-7,16H,9,20H2,1-4H3/t16-/m0/s1. The van der Waals surface area contributed by atoms with Crippen molar-refractivity contribution in [2.24, 2.45) is 5.73 Å².